The molecule has 2 aliphatic heterocycles. The summed E-state index contributed by atoms with van der Waals surface area (Å²) in [4.78, 5) is 22.9. The minimum atomic E-state index is -0.424. The van der Waals surface area contributed by atoms with E-state index in [1.54, 1.807) is 0 Å². The quantitative estimate of drug-likeness (QED) is 0.473. The van der Waals surface area contributed by atoms with Gasteiger partial charge < -0.3 is 15.0 Å². The molecular formula is C31H48N4O2. The lowest BCUT2D eigenvalue weighted by Crippen LogP contribution is -2.41. The van der Waals surface area contributed by atoms with E-state index in [0.29, 0.717) is 5.92 Å². The van der Waals surface area contributed by atoms with E-state index in [1.807, 2.05) is 31.9 Å². The third kappa shape index (κ3) is 9.73. The van der Waals surface area contributed by atoms with Gasteiger partial charge in [-0.25, -0.2) is 4.79 Å². The van der Waals surface area contributed by atoms with Crippen molar-refractivity contribution in [2.75, 3.05) is 26.2 Å². The van der Waals surface area contributed by atoms with Gasteiger partial charge in [0.25, 0.3) is 0 Å². The number of carbonyl (C=O) groups excluding carboxylic acids is 1. The van der Waals surface area contributed by atoms with Gasteiger partial charge >= 0.3 is 6.09 Å². The zero-order valence-electron chi connectivity index (χ0n) is 23.8. The van der Waals surface area contributed by atoms with Gasteiger partial charge in [0.15, 0.2) is 0 Å². The van der Waals surface area contributed by atoms with Gasteiger partial charge in [-0.3, -0.25) is 9.97 Å². The highest BCUT2D eigenvalue weighted by Gasteiger charge is 2.27. The van der Waals surface area contributed by atoms with Gasteiger partial charge in [-0.15, -0.1) is 0 Å². The maximum atomic E-state index is 12.1. The molecule has 0 spiro atoms. The van der Waals surface area contributed by atoms with E-state index in [9.17, 15) is 4.79 Å². The van der Waals surface area contributed by atoms with Crippen molar-refractivity contribution < 1.29 is 9.53 Å². The third-order valence-electron chi connectivity index (χ3n) is 7.14. The molecule has 0 aliphatic carbocycles. The molecule has 2 aromatic heterocycles. The molecule has 0 radical (unpaired) electrons. The summed E-state index contributed by atoms with van der Waals surface area (Å²) in [6, 6.07) is 8.81. The Morgan fingerprint density at radius 2 is 1.35 bits per heavy atom. The summed E-state index contributed by atoms with van der Waals surface area (Å²) in [6.45, 7) is 13.9. The number of amides is 1. The fraction of sp³-hybridized carbons (Fsp3) is 0.645. The molecule has 1 amide bonds. The lowest BCUT2D eigenvalue weighted by molar-refractivity contribution is 0.0205. The molecule has 4 rings (SSSR count). The highest BCUT2D eigenvalue weighted by atomic mass is 16.6. The van der Waals surface area contributed by atoms with E-state index in [0.717, 1.165) is 69.9 Å². The van der Waals surface area contributed by atoms with Crippen molar-refractivity contribution in [3.63, 3.8) is 0 Å². The lowest BCUT2D eigenvalue weighted by Gasteiger charge is -2.33. The Balaban J connectivity index is 0.000000220. The lowest BCUT2D eigenvalue weighted by atomic mass is 9.90. The van der Waals surface area contributed by atoms with Crippen molar-refractivity contribution in [1.82, 2.24) is 20.2 Å². The average molecular weight is 509 g/mol. The molecule has 0 atom stereocenters. The maximum absolute atomic E-state index is 12.1. The van der Waals surface area contributed by atoms with Crippen molar-refractivity contribution in [2.45, 2.75) is 103 Å². The van der Waals surface area contributed by atoms with Crippen LogP contribution in [0.2, 0.25) is 0 Å². The van der Waals surface area contributed by atoms with Gasteiger partial charge in [-0.1, -0.05) is 38.8 Å². The summed E-state index contributed by atoms with van der Waals surface area (Å²) in [7, 11) is 0. The fourth-order valence-corrected chi connectivity index (χ4v) is 5.04. The zero-order valence-corrected chi connectivity index (χ0v) is 23.8. The van der Waals surface area contributed by atoms with E-state index < -0.39 is 5.60 Å². The van der Waals surface area contributed by atoms with Crippen LogP contribution in [0.5, 0.6) is 0 Å². The van der Waals surface area contributed by atoms with Crippen LogP contribution in [0, 0.1) is 0 Å². The molecule has 2 saturated heterocycles. The molecule has 0 aromatic carbocycles. The number of ether oxygens (including phenoxy) is 1. The van der Waals surface area contributed by atoms with Crippen LogP contribution in [0.25, 0.3) is 0 Å². The van der Waals surface area contributed by atoms with Gasteiger partial charge in [0, 0.05) is 36.9 Å². The number of nitrogens with one attached hydrogen (secondary N) is 1. The van der Waals surface area contributed by atoms with E-state index in [1.165, 1.54) is 36.1 Å². The second-order valence-corrected chi connectivity index (χ2v) is 11.4. The van der Waals surface area contributed by atoms with Crippen LogP contribution in [0.4, 0.5) is 4.79 Å². The average Bonchev–Trinajstić information content (AvgIpc) is 2.90. The Morgan fingerprint density at radius 1 is 0.865 bits per heavy atom. The number of hydrogen-bond donors (Lipinski definition) is 1. The molecule has 2 fully saturated rings. The Labute approximate surface area is 224 Å². The number of nitrogens with zero attached hydrogens (tertiary/aromatic N) is 3. The first kappa shape index (κ1) is 29.1. The summed E-state index contributed by atoms with van der Waals surface area (Å²) < 4.78 is 5.44. The smallest absolute Gasteiger partial charge is 0.410 e. The van der Waals surface area contributed by atoms with Crippen molar-refractivity contribution in [2.24, 2.45) is 0 Å². The number of carbonyl (C=O) groups is 1. The molecule has 1 N–H and O–H groups in total. The summed E-state index contributed by atoms with van der Waals surface area (Å²) in [5.41, 5.74) is 4.69. The van der Waals surface area contributed by atoms with E-state index in [2.05, 4.69) is 59.6 Å². The number of rotatable bonds is 6. The minimum absolute atomic E-state index is 0.192. The topological polar surface area (TPSA) is 67.4 Å². The number of pyridine rings is 2. The Kier molecular flexibility index (Phi) is 11.4. The van der Waals surface area contributed by atoms with E-state index in [-0.39, 0.29) is 6.09 Å². The molecule has 0 bridgehead atoms. The largest absolute Gasteiger partial charge is 0.444 e. The fourth-order valence-electron chi connectivity index (χ4n) is 5.04. The monoisotopic (exact) mass is 508 g/mol. The molecule has 37 heavy (non-hydrogen) atoms. The zero-order chi connectivity index (χ0) is 26.7. The SMILES string of the molecule is CCCc1ccc(C2CCN(C(=O)OC(C)(C)C)CC2)cn1.CCCc1ccc(C2CCNCC2)cn1. The van der Waals surface area contributed by atoms with Gasteiger partial charge in [0.2, 0.25) is 0 Å². The van der Waals surface area contributed by atoms with Gasteiger partial charge in [0.1, 0.15) is 5.60 Å². The van der Waals surface area contributed by atoms with Crippen LogP contribution in [0.3, 0.4) is 0 Å². The van der Waals surface area contributed by atoms with Crippen LogP contribution in [0.15, 0.2) is 36.7 Å². The van der Waals surface area contributed by atoms with Crippen molar-refractivity contribution >= 4 is 6.09 Å². The first-order valence-electron chi connectivity index (χ1n) is 14.4. The summed E-state index contributed by atoms with van der Waals surface area (Å²) >= 11 is 0. The molecule has 6 heteroatoms. The molecule has 2 aliphatic rings. The number of piperidine rings is 2. The van der Waals surface area contributed by atoms with E-state index in [4.69, 9.17) is 4.74 Å². The van der Waals surface area contributed by atoms with Crippen molar-refractivity contribution in [1.29, 1.82) is 0 Å². The minimum Gasteiger partial charge on any atom is -0.444 e. The van der Waals surface area contributed by atoms with Crippen LogP contribution >= 0.6 is 0 Å². The van der Waals surface area contributed by atoms with E-state index >= 15 is 0 Å². The number of aromatic nitrogens is 2. The predicted octanol–water partition coefficient (Wildman–Crippen LogP) is 6.65. The van der Waals surface area contributed by atoms with Gasteiger partial charge in [-0.05, 0) is 107 Å². The van der Waals surface area contributed by atoms with Crippen molar-refractivity contribution in [3.8, 4) is 0 Å². The van der Waals surface area contributed by atoms with Crippen LogP contribution in [-0.4, -0.2) is 52.7 Å². The second-order valence-electron chi connectivity index (χ2n) is 11.4. The number of hydrogen-bond acceptors (Lipinski definition) is 5. The molecule has 4 heterocycles. The predicted molar refractivity (Wildman–Crippen MR) is 151 cm³/mol. The maximum Gasteiger partial charge on any atom is 0.410 e. The normalized spacial score (nSPS) is 17.2. The molecule has 2 aromatic rings. The molecular weight excluding hydrogens is 460 g/mol. The Hall–Kier alpha value is -2.47. The van der Waals surface area contributed by atoms with Crippen LogP contribution in [-0.2, 0) is 17.6 Å². The van der Waals surface area contributed by atoms with Gasteiger partial charge in [-0.2, -0.15) is 0 Å². The molecule has 6 nitrogen and oxygen atoms in total. The Morgan fingerprint density at radius 3 is 1.76 bits per heavy atom. The summed E-state index contributed by atoms with van der Waals surface area (Å²) in [6.07, 6.45) is 12.8. The van der Waals surface area contributed by atoms with Crippen LogP contribution < -0.4 is 5.32 Å². The van der Waals surface area contributed by atoms with Gasteiger partial charge in [0.05, 0.1) is 0 Å². The molecule has 0 saturated carbocycles. The molecule has 0 unspecified atom stereocenters. The third-order valence-corrected chi connectivity index (χ3v) is 7.14. The number of aryl methyl sites for hydroxylation is 2. The summed E-state index contributed by atoms with van der Waals surface area (Å²) in [5.74, 6) is 1.23. The first-order valence-corrected chi connectivity index (χ1v) is 14.4. The second kappa shape index (κ2) is 14.5. The Bertz CT molecular complexity index is 923. The molecule has 204 valence electrons. The summed E-state index contributed by atoms with van der Waals surface area (Å²) in [5, 5.41) is 3.40. The highest BCUT2D eigenvalue weighted by molar-refractivity contribution is 5.68. The van der Waals surface area contributed by atoms with Crippen molar-refractivity contribution in [3.05, 3.63) is 59.2 Å². The highest BCUT2D eigenvalue weighted by Crippen LogP contribution is 2.28. The standard InChI is InChI=1S/C18H28N2O2.C13H20N2/c1-5-6-16-8-7-15(13-19-16)14-9-11-20(12-10-14)17(21)22-18(2,3)4;1-2-3-13-5-4-12(10-15-13)11-6-8-14-9-7-11/h7-8,13-14H,5-6,9-12H2,1-4H3;4-5,10-11,14H,2-3,6-9H2,1H3. The van der Waals surface area contributed by atoms with Crippen LogP contribution in [0.1, 0.15) is 107 Å². The number of likely N-dealkylation sites (tertiary alicyclic amines) is 1. The first-order chi connectivity index (χ1) is 17.8.